The van der Waals surface area contributed by atoms with Crippen molar-refractivity contribution in [2.75, 3.05) is 32.1 Å². The van der Waals surface area contributed by atoms with E-state index in [0.717, 1.165) is 25.2 Å². The number of nitro groups is 1. The number of rotatable bonds is 4. The highest BCUT2D eigenvalue weighted by molar-refractivity contribution is 6.17. The Kier molecular flexibility index (Phi) is 4.83. The standard InChI is InChI=1S/C14H20ClN3O2/c1-16(2)13-4-3-7-17(10-13)12-5-6-14(18(19)20)11(8-12)9-15/h5-6,8,13H,3-4,7,9-10H2,1-2H3. The average Bonchev–Trinajstić information content (AvgIpc) is 2.46. The number of nitro benzene ring substituents is 1. The van der Waals surface area contributed by atoms with E-state index in [0.29, 0.717) is 11.6 Å². The van der Waals surface area contributed by atoms with Crippen LogP contribution in [0.1, 0.15) is 18.4 Å². The predicted molar refractivity (Wildman–Crippen MR) is 81.6 cm³/mol. The molecule has 1 aliphatic rings. The molecule has 2 rings (SSSR count). The smallest absolute Gasteiger partial charge is 0.273 e. The van der Waals surface area contributed by atoms with Gasteiger partial charge in [-0.05, 0) is 39.1 Å². The zero-order valence-corrected chi connectivity index (χ0v) is 12.6. The molecule has 20 heavy (non-hydrogen) atoms. The first-order valence-corrected chi connectivity index (χ1v) is 7.31. The van der Waals surface area contributed by atoms with Gasteiger partial charge in [-0.3, -0.25) is 10.1 Å². The molecule has 1 aromatic carbocycles. The minimum Gasteiger partial charge on any atom is -0.370 e. The molecule has 1 fully saturated rings. The second-order valence-corrected chi connectivity index (χ2v) is 5.68. The molecule has 0 spiro atoms. The van der Waals surface area contributed by atoms with Gasteiger partial charge in [-0.25, -0.2) is 0 Å². The molecular formula is C14H20ClN3O2. The summed E-state index contributed by atoms with van der Waals surface area (Å²) in [5.41, 5.74) is 1.71. The third-order valence-electron chi connectivity index (χ3n) is 3.90. The van der Waals surface area contributed by atoms with Crippen molar-refractivity contribution >= 4 is 23.0 Å². The fourth-order valence-corrected chi connectivity index (χ4v) is 2.88. The molecule has 1 aromatic rings. The van der Waals surface area contributed by atoms with Gasteiger partial charge < -0.3 is 9.80 Å². The molecule has 0 saturated carbocycles. The first-order chi connectivity index (χ1) is 9.52. The highest BCUT2D eigenvalue weighted by Crippen LogP contribution is 2.28. The molecule has 0 amide bonds. The van der Waals surface area contributed by atoms with E-state index in [1.165, 1.54) is 6.42 Å². The van der Waals surface area contributed by atoms with Crippen molar-refractivity contribution in [3.63, 3.8) is 0 Å². The third-order valence-corrected chi connectivity index (χ3v) is 4.18. The highest BCUT2D eigenvalue weighted by atomic mass is 35.5. The van der Waals surface area contributed by atoms with Crippen molar-refractivity contribution < 1.29 is 4.92 Å². The number of nitrogens with zero attached hydrogens (tertiary/aromatic N) is 3. The van der Waals surface area contributed by atoms with Crippen LogP contribution >= 0.6 is 11.6 Å². The molecule has 0 N–H and O–H groups in total. The van der Waals surface area contributed by atoms with Gasteiger partial charge in [0, 0.05) is 36.4 Å². The molecule has 1 heterocycles. The molecule has 0 radical (unpaired) electrons. The Balaban J connectivity index is 2.22. The fraction of sp³-hybridized carbons (Fsp3) is 0.571. The summed E-state index contributed by atoms with van der Waals surface area (Å²) in [6.07, 6.45) is 2.33. The molecule has 0 bridgehead atoms. The Morgan fingerprint density at radius 2 is 2.25 bits per heavy atom. The van der Waals surface area contributed by atoms with Crippen molar-refractivity contribution in [1.82, 2.24) is 4.90 Å². The van der Waals surface area contributed by atoms with Gasteiger partial charge in [0.2, 0.25) is 0 Å². The minimum absolute atomic E-state index is 0.102. The first kappa shape index (κ1) is 15.1. The number of halogens is 1. The lowest BCUT2D eigenvalue weighted by Gasteiger charge is -2.37. The van der Waals surface area contributed by atoms with Crippen LogP contribution in [-0.2, 0) is 5.88 Å². The minimum atomic E-state index is -0.375. The number of hydrogen-bond donors (Lipinski definition) is 0. The first-order valence-electron chi connectivity index (χ1n) is 6.77. The van der Waals surface area contributed by atoms with Crippen molar-refractivity contribution in [1.29, 1.82) is 0 Å². The lowest BCUT2D eigenvalue weighted by atomic mass is 10.0. The largest absolute Gasteiger partial charge is 0.370 e. The maximum atomic E-state index is 10.9. The summed E-state index contributed by atoms with van der Waals surface area (Å²) in [5, 5.41) is 10.9. The Bertz CT molecular complexity index is 493. The van der Waals surface area contributed by atoms with E-state index in [1.807, 2.05) is 12.1 Å². The maximum Gasteiger partial charge on any atom is 0.273 e. The van der Waals surface area contributed by atoms with E-state index in [1.54, 1.807) is 6.07 Å². The van der Waals surface area contributed by atoms with Crippen LogP contribution in [0.2, 0.25) is 0 Å². The monoisotopic (exact) mass is 297 g/mol. The van der Waals surface area contributed by atoms with Crippen LogP contribution in [0.25, 0.3) is 0 Å². The summed E-state index contributed by atoms with van der Waals surface area (Å²) in [4.78, 5) is 15.1. The topological polar surface area (TPSA) is 49.6 Å². The number of piperidine rings is 1. The van der Waals surface area contributed by atoms with Gasteiger partial charge in [0.15, 0.2) is 0 Å². The van der Waals surface area contributed by atoms with E-state index in [2.05, 4.69) is 23.9 Å². The number of benzene rings is 1. The van der Waals surface area contributed by atoms with E-state index < -0.39 is 0 Å². The number of hydrogen-bond acceptors (Lipinski definition) is 4. The van der Waals surface area contributed by atoms with Gasteiger partial charge in [-0.15, -0.1) is 11.6 Å². The maximum absolute atomic E-state index is 10.9. The summed E-state index contributed by atoms with van der Waals surface area (Å²) in [6.45, 7) is 1.94. The number of anilines is 1. The van der Waals surface area contributed by atoms with Crippen LogP contribution in [0.15, 0.2) is 18.2 Å². The van der Waals surface area contributed by atoms with Crippen LogP contribution < -0.4 is 4.90 Å². The predicted octanol–water partition coefficient (Wildman–Crippen LogP) is 2.86. The lowest BCUT2D eigenvalue weighted by molar-refractivity contribution is -0.385. The summed E-state index contributed by atoms with van der Waals surface area (Å²) >= 11 is 5.83. The quantitative estimate of drug-likeness (QED) is 0.487. The molecule has 0 aliphatic carbocycles. The molecule has 110 valence electrons. The number of likely N-dealkylation sites (N-methyl/N-ethyl adjacent to an activating group) is 1. The van der Waals surface area contributed by atoms with E-state index >= 15 is 0 Å². The van der Waals surface area contributed by atoms with E-state index in [4.69, 9.17) is 11.6 Å². The summed E-state index contributed by atoms with van der Waals surface area (Å²) in [7, 11) is 4.18. The fourth-order valence-electron chi connectivity index (χ4n) is 2.66. The van der Waals surface area contributed by atoms with Gasteiger partial charge in [0.05, 0.1) is 10.8 Å². The van der Waals surface area contributed by atoms with Crippen LogP contribution in [0, 0.1) is 10.1 Å². The zero-order valence-electron chi connectivity index (χ0n) is 11.9. The van der Waals surface area contributed by atoms with Crippen LogP contribution in [0.4, 0.5) is 11.4 Å². The van der Waals surface area contributed by atoms with Crippen molar-refractivity contribution in [2.45, 2.75) is 24.8 Å². The normalized spacial score (nSPS) is 19.4. The zero-order chi connectivity index (χ0) is 14.7. The molecule has 1 atom stereocenters. The Hall–Kier alpha value is -1.33. The Labute approximate surface area is 124 Å². The van der Waals surface area contributed by atoms with Crippen molar-refractivity contribution in [2.24, 2.45) is 0 Å². The molecular weight excluding hydrogens is 278 g/mol. The van der Waals surface area contributed by atoms with Crippen LogP contribution in [-0.4, -0.2) is 43.0 Å². The molecule has 6 heteroatoms. The van der Waals surface area contributed by atoms with Gasteiger partial charge in [0.25, 0.3) is 5.69 Å². The van der Waals surface area contributed by atoms with Gasteiger partial charge in [0.1, 0.15) is 0 Å². The van der Waals surface area contributed by atoms with Crippen molar-refractivity contribution in [3.05, 3.63) is 33.9 Å². The second kappa shape index (κ2) is 6.41. The molecule has 1 unspecified atom stereocenters. The molecule has 5 nitrogen and oxygen atoms in total. The number of alkyl halides is 1. The van der Waals surface area contributed by atoms with Crippen LogP contribution in [0.5, 0.6) is 0 Å². The third kappa shape index (κ3) is 3.22. The highest BCUT2D eigenvalue weighted by Gasteiger charge is 2.23. The SMILES string of the molecule is CN(C)C1CCCN(c2ccc([N+](=O)[O-])c(CCl)c2)C1. The summed E-state index contributed by atoms with van der Waals surface area (Å²) in [5.74, 6) is 0.162. The van der Waals surface area contributed by atoms with Gasteiger partial charge >= 0.3 is 0 Å². The van der Waals surface area contributed by atoms with Gasteiger partial charge in [-0.1, -0.05) is 0 Å². The van der Waals surface area contributed by atoms with E-state index in [9.17, 15) is 10.1 Å². The van der Waals surface area contributed by atoms with Crippen LogP contribution in [0.3, 0.4) is 0 Å². The lowest BCUT2D eigenvalue weighted by Crippen LogP contribution is -2.45. The van der Waals surface area contributed by atoms with Crippen molar-refractivity contribution in [3.8, 4) is 0 Å². The molecule has 1 aliphatic heterocycles. The van der Waals surface area contributed by atoms with Gasteiger partial charge in [-0.2, -0.15) is 0 Å². The average molecular weight is 298 g/mol. The summed E-state index contributed by atoms with van der Waals surface area (Å²) in [6, 6.07) is 5.76. The van der Waals surface area contributed by atoms with E-state index in [-0.39, 0.29) is 16.5 Å². The molecule has 0 aromatic heterocycles. The molecule has 1 saturated heterocycles. The second-order valence-electron chi connectivity index (χ2n) is 5.41. The Morgan fingerprint density at radius 3 is 2.85 bits per heavy atom. The Morgan fingerprint density at radius 1 is 1.50 bits per heavy atom. The summed E-state index contributed by atoms with van der Waals surface area (Å²) < 4.78 is 0.